The van der Waals surface area contributed by atoms with Crippen LogP contribution in [0.5, 0.6) is 5.75 Å². The molecule has 0 radical (unpaired) electrons. The molecule has 0 unspecified atom stereocenters. The van der Waals surface area contributed by atoms with Crippen molar-refractivity contribution in [2.75, 3.05) is 18.9 Å². The number of nitrogens with one attached hydrogen (secondary N) is 1. The van der Waals surface area contributed by atoms with Crippen LogP contribution in [0, 0.1) is 0 Å². The summed E-state index contributed by atoms with van der Waals surface area (Å²) in [4.78, 5) is 11.9. The van der Waals surface area contributed by atoms with Gasteiger partial charge in [-0.25, -0.2) is 0 Å². The molecule has 0 aromatic heterocycles. The predicted octanol–water partition coefficient (Wildman–Crippen LogP) is 4.77. The normalized spacial score (nSPS) is 14.9. The molecule has 1 fully saturated rings. The van der Waals surface area contributed by atoms with Crippen molar-refractivity contribution in [1.82, 2.24) is 5.32 Å². The molecule has 3 rings (SSSR count). The van der Waals surface area contributed by atoms with Gasteiger partial charge in [0.2, 0.25) is 0 Å². The molecule has 1 aliphatic rings. The average molecular weight is 408 g/mol. The Hall–Kier alpha value is -1.20. The SMILES string of the molecule is O=C(COc1ccc2ccccc2c1Br)NCCSC1CCCC1. The number of halogens is 1. The molecule has 2 aromatic carbocycles. The maximum atomic E-state index is 11.9. The Labute approximate surface area is 155 Å². The van der Waals surface area contributed by atoms with Gasteiger partial charge in [0, 0.05) is 17.5 Å². The second-order valence-electron chi connectivity index (χ2n) is 6.01. The van der Waals surface area contributed by atoms with Crippen LogP contribution in [-0.2, 0) is 4.79 Å². The smallest absolute Gasteiger partial charge is 0.257 e. The Balaban J connectivity index is 1.43. The van der Waals surface area contributed by atoms with Crippen LogP contribution in [0.3, 0.4) is 0 Å². The van der Waals surface area contributed by atoms with E-state index in [-0.39, 0.29) is 12.5 Å². The predicted molar refractivity (Wildman–Crippen MR) is 105 cm³/mol. The van der Waals surface area contributed by atoms with Gasteiger partial charge >= 0.3 is 0 Å². The molecule has 1 N–H and O–H groups in total. The summed E-state index contributed by atoms with van der Waals surface area (Å²) >= 11 is 5.55. The third-order valence-corrected chi connectivity index (χ3v) is 6.47. The fourth-order valence-corrected chi connectivity index (χ4v) is 4.82. The van der Waals surface area contributed by atoms with Gasteiger partial charge in [-0.15, -0.1) is 0 Å². The van der Waals surface area contributed by atoms with Crippen molar-refractivity contribution in [3.8, 4) is 5.75 Å². The highest BCUT2D eigenvalue weighted by molar-refractivity contribution is 9.10. The fraction of sp³-hybridized carbons (Fsp3) is 0.421. The molecule has 3 nitrogen and oxygen atoms in total. The van der Waals surface area contributed by atoms with Gasteiger partial charge in [0.15, 0.2) is 6.61 Å². The highest BCUT2D eigenvalue weighted by atomic mass is 79.9. The quantitative estimate of drug-likeness (QED) is 0.671. The minimum atomic E-state index is -0.0675. The second-order valence-corrected chi connectivity index (χ2v) is 8.22. The van der Waals surface area contributed by atoms with Crippen LogP contribution >= 0.6 is 27.7 Å². The van der Waals surface area contributed by atoms with E-state index in [1.165, 1.54) is 25.7 Å². The Bertz CT molecular complexity index is 701. The van der Waals surface area contributed by atoms with Crippen LogP contribution in [-0.4, -0.2) is 30.1 Å². The van der Waals surface area contributed by atoms with Crippen molar-refractivity contribution >= 4 is 44.4 Å². The van der Waals surface area contributed by atoms with Crippen LogP contribution in [0.2, 0.25) is 0 Å². The van der Waals surface area contributed by atoms with Gasteiger partial charge in [0.05, 0.1) is 4.47 Å². The number of ether oxygens (including phenoxy) is 1. The van der Waals surface area contributed by atoms with Crippen molar-refractivity contribution in [2.45, 2.75) is 30.9 Å². The van der Waals surface area contributed by atoms with Crippen LogP contribution < -0.4 is 10.1 Å². The summed E-state index contributed by atoms with van der Waals surface area (Å²) in [5, 5.41) is 5.96. The molecule has 2 aromatic rings. The molecule has 0 saturated heterocycles. The number of benzene rings is 2. The van der Waals surface area contributed by atoms with E-state index >= 15 is 0 Å². The van der Waals surface area contributed by atoms with Gasteiger partial charge in [-0.2, -0.15) is 11.8 Å². The molecule has 0 spiro atoms. The summed E-state index contributed by atoms with van der Waals surface area (Å²) in [6, 6.07) is 12.0. The van der Waals surface area contributed by atoms with E-state index in [4.69, 9.17) is 4.74 Å². The maximum Gasteiger partial charge on any atom is 0.257 e. The minimum absolute atomic E-state index is 0.0467. The first kappa shape index (κ1) is 17.6. The van der Waals surface area contributed by atoms with Crippen molar-refractivity contribution in [2.24, 2.45) is 0 Å². The van der Waals surface area contributed by atoms with Gasteiger partial charge < -0.3 is 10.1 Å². The van der Waals surface area contributed by atoms with Gasteiger partial charge in [0.1, 0.15) is 5.75 Å². The lowest BCUT2D eigenvalue weighted by atomic mass is 10.1. The summed E-state index contributed by atoms with van der Waals surface area (Å²) in [7, 11) is 0. The lowest BCUT2D eigenvalue weighted by Gasteiger charge is -2.11. The van der Waals surface area contributed by atoms with Gasteiger partial charge in [-0.3, -0.25) is 4.79 Å². The summed E-state index contributed by atoms with van der Waals surface area (Å²) in [6.07, 6.45) is 5.38. The standard InChI is InChI=1S/C19H22BrNO2S/c20-19-16-8-4-1-5-14(16)9-10-17(19)23-13-18(22)21-11-12-24-15-6-2-3-7-15/h1,4-5,8-10,15H,2-3,6-7,11-13H2,(H,21,22). The molecule has 0 atom stereocenters. The Kier molecular flexibility index (Phi) is 6.44. The molecule has 24 heavy (non-hydrogen) atoms. The average Bonchev–Trinajstić information content (AvgIpc) is 3.12. The third kappa shape index (κ3) is 4.67. The van der Waals surface area contributed by atoms with Gasteiger partial charge in [0.25, 0.3) is 5.91 Å². The fourth-order valence-electron chi connectivity index (χ4n) is 2.99. The van der Waals surface area contributed by atoms with Crippen LogP contribution in [0.4, 0.5) is 0 Å². The van der Waals surface area contributed by atoms with E-state index in [1.54, 1.807) is 0 Å². The number of rotatable bonds is 7. The lowest BCUT2D eigenvalue weighted by molar-refractivity contribution is -0.122. The molecule has 1 saturated carbocycles. The topological polar surface area (TPSA) is 38.3 Å². The summed E-state index contributed by atoms with van der Waals surface area (Å²) in [6.45, 7) is 0.757. The zero-order valence-corrected chi connectivity index (χ0v) is 16.0. The van der Waals surface area contributed by atoms with Crippen LogP contribution in [0.15, 0.2) is 40.9 Å². The number of carbonyl (C=O) groups is 1. The van der Waals surface area contributed by atoms with Crippen molar-refractivity contribution < 1.29 is 9.53 Å². The second kappa shape index (κ2) is 8.77. The first-order valence-corrected chi connectivity index (χ1v) is 10.3. The molecule has 0 heterocycles. The molecule has 0 bridgehead atoms. The van der Waals surface area contributed by atoms with E-state index < -0.39 is 0 Å². The summed E-state index contributed by atoms with van der Waals surface area (Å²) in [5.74, 6) is 1.61. The number of hydrogen-bond acceptors (Lipinski definition) is 3. The Morgan fingerprint density at radius 2 is 2.00 bits per heavy atom. The molecular formula is C19H22BrNO2S. The van der Waals surface area contributed by atoms with E-state index in [9.17, 15) is 4.79 Å². The van der Waals surface area contributed by atoms with Crippen LogP contribution in [0.1, 0.15) is 25.7 Å². The molecule has 5 heteroatoms. The van der Waals surface area contributed by atoms with Crippen molar-refractivity contribution in [1.29, 1.82) is 0 Å². The lowest BCUT2D eigenvalue weighted by Crippen LogP contribution is -2.31. The van der Waals surface area contributed by atoms with E-state index in [2.05, 4.69) is 27.3 Å². The zero-order valence-electron chi connectivity index (χ0n) is 13.6. The third-order valence-electron chi connectivity index (χ3n) is 4.27. The van der Waals surface area contributed by atoms with E-state index in [0.717, 1.165) is 26.2 Å². The monoisotopic (exact) mass is 407 g/mol. The first-order chi connectivity index (χ1) is 11.7. The minimum Gasteiger partial charge on any atom is -0.483 e. The molecule has 128 valence electrons. The summed E-state index contributed by atoms with van der Waals surface area (Å²) < 4.78 is 6.57. The van der Waals surface area contributed by atoms with Gasteiger partial charge in [-0.1, -0.05) is 43.2 Å². The number of fused-ring (bicyclic) bond motifs is 1. The van der Waals surface area contributed by atoms with Gasteiger partial charge in [-0.05, 0) is 45.6 Å². The zero-order chi connectivity index (χ0) is 16.8. The van der Waals surface area contributed by atoms with Crippen molar-refractivity contribution in [3.05, 3.63) is 40.9 Å². The number of amides is 1. The molecule has 1 amide bonds. The number of hydrogen-bond donors (Lipinski definition) is 1. The van der Waals surface area contributed by atoms with Crippen molar-refractivity contribution in [3.63, 3.8) is 0 Å². The number of carbonyl (C=O) groups excluding carboxylic acids is 1. The molecular weight excluding hydrogens is 386 g/mol. The largest absolute Gasteiger partial charge is 0.483 e. The van der Waals surface area contributed by atoms with E-state index in [0.29, 0.717) is 12.3 Å². The molecule has 1 aliphatic carbocycles. The molecule has 0 aliphatic heterocycles. The van der Waals surface area contributed by atoms with E-state index in [1.807, 2.05) is 42.1 Å². The summed E-state index contributed by atoms with van der Waals surface area (Å²) in [5.41, 5.74) is 0. The highest BCUT2D eigenvalue weighted by Crippen LogP contribution is 2.33. The maximum absolute atomic E-state index is 11.9. The Morgan fingerprint density at radius 1 is 1.21 bits per heavy atom. The Morgan fingerprint density at radius 3 is 2.83 bits per heavy atom. The van der Waals surface area contributed by atoms with Crippen LogP contribution in [0.25, 0.3) is 10.8 Å². The highest BCUT2D eigenvalue weighted by Gasteiger charge is 2.15. The number of thioether (sulfide) groups is 1. The first-order valence-electron chi connectivity index (χ1n) is 8.42.